The number of carbonyl (C=O) groups is 1. The van der Waals surface area contributed by atoms with Crippen molar-refractivity contribution in [1.29, 1.82) is 0 Å². The lowest BCUT2D eigenvalue weighted by Gasteiger charge is -2.17. The Kier molecular flexibility index (Phi) is 7.50. The predicted molar refractivity (Wildman–Crippen MR) is 130 cm³/mol. The van der Waals surface area contributed by atoms with Gasteiger partial charge in [-0.1, -0.05) is 44.9 Å². The third kappa shape index (κ3) is 5.47. The zero-order valence-electron chi connectivity index (χ0n) is 18.9. The number of thioether (sulfide) groups is 1. The van der Waals surface area contributed by atoms with Crippen molar-refractivity contribution >= 4 is 49.8 Å². The first-order valence-electron chi connectivity index (χ1n) is 11.5. The van der Waals surface area contributed by atoms with E-state index in [2.05, 4.69) is 30.2 Å². The molecule has 1 unspecified atom stereocenters. The van der Waals surface area contributed by atoms with Crippen molar-refractivity contribution in [3.8, 4) is 0 Å². The third-order valence-electron chi connectivity index (χ3n) is 5.91. The van der Waals surface area contributed by atoms with Gasteiger partial charge >= 0.3 is 0 Å². The number of hydrogen-bond donors (Lipinski definition) is 3. The van der Waals surface area contributed by atoms with Crippen LogP contribution in [0.3, 0.4) is 0 Å². The Morgan fingerprint density at radius 3 is 2.76 bits per heavy atom. The van der Waals surface area contributed by atoms with E-state index in [1.54, 1.807) is 18.2 Å². The zero-order chi connectivity index (χ0) is 23.4. The Hall–Kier alpha value is -2.24. The maximum absolute atomic E-state index is 12.7. The lowest BCUT2D eigenvalue weighted by atomic mass is 10.2. The molecule has 1 aliphatic rings. The summed E-state index contributed by atoms with van der Waals surface area (Å²) in [4.78, 5) is 20.6. The molecule has 4 rings (SSSR count). The summed E-state index contributed by atoms with van der Waals surface area (Å²) >= 11 is 1.30. The molecule has 2 heterocycles. The Balaban J connectivity index is 1.55. The number of fused-ring (bicyclic) bond motifs is 3. The van der Waals surface area contributed by atoms with Crippen molar-refractivity contribution in [2.45, 2.75) is 80.1 Å². The Morgan fingerprint density at radius 1 is 1.24 bits per heavy atom. The molecule has 33 heavy (non-hydrogen) atoms. The molecule has 3 aromatic rings. The Bertz CT molecular complexity index is 1240. The monoisotopic (exact) mass is 490 g/mol. The number of carbonyl (C=O) groups excluding carboxylic acids is 1. The molecular formula is C22H30N6O3S2. The normalized spacial score (nSPS) is 15.9. The van der Waals surface area contributed by atoms with Gasteiger partial charge < -0.3 is 10.3 Å². The van der Waals surface area contributed by atoms with Crippen LogP contribution < -0.4 is 10.0 Å². The fourth-order valence-corrected chi connectivity index (χ4v) is 5.96. The lowest BCUT2D eigenvalue weighted by molar-refractivity contribution is -0.121. The minimum atomic E-state index is -3.60. The van der Waals surface area contributed by atoms with Crippen LogP contribution in [0.15, 0.2) is 28.3 Å². The average Bonchev–Trinajstić information content (AvgIpc) is 3.44. The number of H-pyrrole nitrogens is 1. The SMILES string of the molecule is CCCCNS(=O)(=O)c1ccc2[nH]c3nc(SC(CC)C(=O)NC4CCCC4)nnc3c2c1. The molecule has 0 bridgehead atoms. The third-order valence-corrected chi connectivity index (χ3v) is 8.59. The average molecular weight is 491 g/mol. The first-order valence-corrected chi connectivity index (χ1v) is 13.9. The quantitative estimate of drug-likeness (QED) is 0.293. The van der Waals surface area contributed by atoms with E-state index in [1.165, 1.54) is 11.8 Å². The molecule has 1 aromatic carbocycles. The van der Waals surface area contributed by atoms with Crippen molar-refractivity contribution in [3.63, 3.8) is 0 Å². The molecule has 9 nitrogen and oxygen atoms in total. The van der Waals surface area contributed by atoms with Crippen molar-refractivity contribution < 1.29 is 13.2 Å². The number of rotatable bonds is 10. The van der Waals surface area contributed by atoms with Gasteiger partial charge in [0.05, 0.1) is 10.1 Å². The first-order chi connectivity index (χ1) is 15.9. The summed E-state index contributed by atoms with van der Waals surface area (Å²) < 4.78 is 27.8. The Labute approximate surface area is 198 Å². The van der Waals surface area contributed by atoms with Crippen LogP contribution in [-0.4, -0.2) is 52.3 Å². The maximum Gasteiger partial charge on any atom is 0.240 e. The van der Waals surface area contributed by atoms with Crippen molar-refractivity contribution in [3.05, 3.63) is 18.2 Å². The smallest absolute Gasteiger partial charge is 0.240 e. The summed E-state index contributed by atoms with van der Waals surface area (Å²) in [5.74, 6) is 0.0140. The molecule has 1 aliphatic carbocycles. The summed E-state index contributed by atoms with van der Waals surface area (Å²) in [6.07, 6.45) is 6.75. The number of nitrogens with zero attached hydrogens (tertiary/aromatic N) is 3. The van der Waals surface area contributed by atoms with Crippen molar-refractivity contribution in [2.24, 2.45) is 0 Å². The Morgan fingerprint density at radius 2 is 2.03 bits per heavy atom. The van der Waals surface area contributed by atoms with E-state index < -0.39 is 10.0 Å². The van der Waals surface area contributed by atoms with E-state index >= 15 is 0 Å². The molecule has 11 heteroatoms. The van der Waals surface area contributed by atoms with Crippen molar-refractivity contribution in [1.82, 2.24) is 30.2 Å². The second kappa shape index (κ2) is 10.4. The number of nitrogens with one attached hydrogen (secondary N) is 3. The molecule has 2 aromatic heterocycles. The summed E-state index contributed by atoms with van der Waals surface area (Å²) in [6, 6.07) is 5.14. The number of aromatic nitrogens is 4. The fraction of sp³-hybridized carbons (Fsp3) is 0.545. The summed E-state index contributed by atoms with van der Waals surface area (Å²) in [6.45, 7) is 4.38. The van der Waals surface area contributed by atoms with Crippen LogP contribution in [0.2, 0.25) is 0 Å². The summed E-state index contributed by atoms with van der Waals surface area (Å²) in [5.41, 5.74) is 1.75. The van der Waals surface area contributed by atoms with E-state index in [-0.39, 0.29) is 22.1 Å². The van der Waals surface area contributed by atoms with Crippen LogP contribution in [0.4, 0.5) is 0 Å². The molecule has 1 fully saturated rings. The highest BCUT2D eigenvalue weighted by molar-refractivity contribution is 8.00. The molecule has 0 saturated heterocycles. The molecular weight excluding hydrogens is 460 g/mol. The predicted octanol–water partition coefficient (Wildman–Crippen LogP) is 3.51. The highest BCUT2D eigenvalue weighted by atomic mass is 32.2. The highest BCUT2D eigenvalue weighted by Gasteiger charge is 2.25. The molecule has 0 spiro atoms. The number of unbranched alkanes of at least 4 members (excludes halogenated alkanes) is 1. The summed E-state index contributed by atoms with van der Waals surface area (Å²) in [7, 11) is -3.60. The maximum atomic E-state index is 12.7. The van der Waals surface area contributed by atoms with Gasteiger partial charge in [-0.3, -0.25) is 4.79 Å². The molecule has 0 radical (unpaired) electrons. The second-order valence-corrected chi connectivity index (χ2v) is 11.3. The molecule has 3 N–H and O–H groups in total. The number of aromatic amines is 1. The van der Waals surface area contributed by atoms with Gasteiger partial charge in [-0.2, -0.15) is 0 Å². The first kappa shape index (κ1) is 23.9. The minimum Gasteiger partial charge on any atom is -0.352 e. The van der Waals surface area contributed by atoms with Gasteiger partial charge in [0, 0.05) is 23.5 Å². The molecule has 0 aliphatic heterocycles. The number of amides is 1. The minimum absolute atomic E-state index is 0.0140. The van der Waals surface area contributed by atoms with Gasteiger partial charge in [0.25, 0.3) is 0 Å². The van der Waals surface area contributed by atoms with Gasteiger partial charge in [0.2, 0.25) is 21.1 Å². The standard InChI is InChI=1S/C22H30N6O3S2/c1-3-5-12-23-33(30,31)15-10-11-17-16(13-15)19-20(25-17)26-22(28-27-19)32-18(4-2)21(29)24-14-8-6-7-9-14/h10-11,13-14,18,23H,3-9,12H2,1-2H3,(H,24,29)(H,25,26,28). The molecule has 1 saturated carbocycles. The van der Waals surface area contributed by atoms with Crippen LogP contribution in [0.1, 0.15) is 58.8 Å². The fourth-order valence-electron chi connectivity index (χ4n) is 4.03. The van der Waals surface area contributed by atoms with Crippen molar-refractivity contribution in [2.75, 3.05) is 6.54 Å². The van der Waals surface area contributed by atoms with Crippen LogP contribution in [0.25, 0.3) is 22.1 Å². The van der Waals surface area contributed by atoms with Gasteiger partial charge in [0.15, 0.2) is 5.65 Å². The van der Waals surface area contributed by atoms with E-state index in [0.29, 0.717) is 34.7 Å². The number of hydrogen-bond acceptors (Lipinski definition) is 7. The van der Waals surface area contributed by atoms with E-state index in [0.717, 1.165) is 44.0 Å². The van der Waals surface area contributed by atoms with E-state index in [4.69, 9.17) is 0 Å². The van der Waals surface area contributed by atoms with Gasteiger partial charge in [0.1, 0.15) is 5.52 Å². The second-order valence-electron chi connectivity index (χ2n) is 8.38. The van der Waals surface area contributed by atoms with Gasteiger partial charge in [-0.15, -0.1) is 10.2 Å². The topological polar surface area (TPSA) is 130 Å². The number of sulfonamides is 1. The molecule has 1 amide bonds. The van der Waals surface area contributed by atoms with Gasteiger partial charge in [-0.25, -0.2) is 18.1 Å². The highest BCUT2D eigenvalue weighted by Crippen LogP contribution is 2.28. The van der Waals surface area contributed by atoms with Gasteiger partial charge in [-0.05, 0) is 43.9 Å². The lowest BCUT2D eigenvalue weighted by Crippen LogP contribution is -2.38. The molecule has 178 valence electrons. The van der Waals surface area contributed by atoms with E-state index in [1.807, 2.05) is 13.8 Å². The van der Waals surface area contributed by atoms with Crippen LogP contribution in [0.5, 0.6) is 0 Å². The van der Waals surface area contributed by atoms with Crippen LogP contribution in [0, 0.1) is 0 Å². The van der Waals surface area contributed by atoms with Crippen LogP contribution in [-0.2, 0) is 14.8 Å². The zero-order valence-corrected chi connectivity index (χ0v) is 20.6. The summed E-state index contributed by atoms with van der Waals surface area (Å²) in [5, 5.41) is 12.4. The van der Waals surface area contributed by atoms with Crippen LogP contribution >= 0.6 is 11.8 Å². The largest absolute Gasteiger partial charge is 0.352 e. The number of benzene rings is 1. The van der Waals surface area contributed by atoms with E-state index in [9.17, 15) is 13.2 Å². The molecule has 1 atom stereocenters.